The molecule has 0 aromatic heterocycles. The highest BCUT2D eigenvalue weighted by atomic mass is 32.2. The van der Waals surface area contributed by atoms with Gasteiger partial charge in [-0.2, -0.15) is 11.8 Å². The van der Waals surface area contributed by atoms with Gasteiger partial charge in [-0.05, 0) is 42.5 Å². The quantitative estimate of drug-likeness (QED) is 0.547. The molecular weight excluding hydrogens is 264 g/mol. The summed E-state index contributed by atoms with van der Waals surface area (Å²) in [4.78, 5) is 0. The number of hydrogen-bond donors (Lipinski definition) is 4. The summed E-state index contributed by atoms with van der Waals surface area (Å²) in [7, 11) is 0. The smallest absolute Gasteiger partial charge is 0.115 e. The van der Waals surface area contributed by atoms with Gasteiger partial charge in [0.25, 0.3) is 0 Å². The van der Waals surface area contributed by atoms with E-state index in [1.54, 1.807) is 23.9 Å². The van der Waals surface area contributed by atoms with Crippen molar-refractivity contribution in [2.24, 2.45) is 0 Å². The molecule has 4 nitrogen and oxygen atoms in total. The molecule has 0 saturated heterocycles. The molecule has 108 valence electrons. The van der Waals surface area contributed by atoms with Gasteiger partial charge in [-0.25, -0.2) is 0 Å². The number of phenolic OH excluding ortho intramolecular Hbond substituents is 1. The molecule has 5 heteroatoms. The Labute approximate surface area is 118 Å². The molecule has 0 radical (unpaired) electrons. The van der Waals surface area contributed by atoms with Gasteiger partial charge in [0, 0.05) is 6.42 Å². The molecule has 19 heavy (non-hydrogen) atoms. The first-order valence-corrected chi connectivity index (χ1v) is 7.76. The molecule has 3 atom stereocenters. The summed E-state index contributed by atoms with van der Waals surface area (Å²) < 4.78 is 0. The highest BCUT2D eigenvalue weighted by Gasteiger charge is 2.20. The number of phenols is 1. The van der Waals surface area contributed by atoms with E-state index in [-0.39, 0.29) is 12.2 Å². The third-order valence-electron chi connectivity index (χ3n) is 3.04. The number of benzene rings is 1. The Morgan fingerprint density at radius 2 is 1.68 bits per heavy atom. The molecule has 1 aromatic carbocycles. The molecule has 0 aliphatic carbocycles. The van der Waals surface area contributed by atoms with Crippen LogP contribution in [-0.4, -0.2) is 44.6 Å². The molecule has 4 N–H and O–H groups in total. The van der Waals surface area contributed by atoms with Crippen molar-refractivity contribution in [1.82, 2.24) is 0 Å². The third-order valence-corrected chi connectivity index (χ3v) is 3.73. The zero-order valence-electron chi connectivity index (χ0n) is 11.1. The second kappa shape index (κ2) is 8.43. The van der Waals surface area contributed by atoms with Crippen LogP contribution >= 0.6 is 11.8 Å². The zero-order valence-corrected chi connectivity index (χ0v) is 11.9. The van der Waals surface area contributed by atoms with Crippen LogP contribution in [-0.2, 0) is 0 Å². The zero-order chi connectivity index (χ0) is 14.3. The van der Waals surface area contributed by atoms with Crippen LogP contribution in [0.4, 0.5) is 0 Å². The van der Waals surface area contributed by atoms with Crippen molar-refractivity contribution >= 4 is 11.8 Å². The van der Waals surface area contributed by atoms with Crippen molar-refractivity contribution in [2.75, 3.05) is 12.0 Å². The lowest BCUT2D eigenvalue weighted by Crippen LogP contribution is -2.28. The fourth-order valence-corrected chi connectivity index (χ4v) is 2.30. The lowest BCUT2D eigenvalue weighted by molar-refractivity contribution is -0.0161. The average Bonchev–Trinajstić information content (AvgIpc) is 2.39. The Hall–Kier alpha value is -0.750. The SMILES string of the molecule is CSCCCC(O)C(O)CC(O)c1ccc(O)cc1. The molecule has 0 amide bonds. The van der Waals surface area contributed by atoms with Gasteiger partial charge in [0.2, 0.25) is 0 Å². The van der Waals surface area contributed by atoms with Crippen LogP contribution in [0.1, 0.15) is 30.9 Å². The molecule has 0 saturated carbocycles. The Bertz CT molecular complexity index is 355. The summed E-state index contributed by atoms with van der Waals surface area (Å²) in [6.07, 6.45) is 0.872. The predicted octanol–water partition coefficient (Wildman–Crippen LogP) is 1.68. The minimum absolute atomic E-state index is 0.0885. The standard InChI is InChI=1S/C14H22O4S/c1-19-8-2-3-12(16)14(18)9-13(17)10-4-6-11(15)7-5-10/h4-7,12-18H,2-3,8-9H2,1H3. The Morgan fingerprint density at radius 1 is 1.05 bits per heavy atom. The maximum absolute atomic E-state index is 9.95. The third kappa shape index (κ3) is 5.82. The number of rotatable bonds is 8. The largest absolute Gasteiger partial charge is 0.508 e. The summed E-state index contributed by atoms with van der Waals surface area (Å²) in [5.74, 6) is 1.08. The Balaban J connectivity index is 2.42. The van der Waals surface area contributed by atoms with Crippen LogP contribution in [0.15, 0.2) is 24.3 Å². The van der Waals surface area contributed by atoms with E-state index in [2.05, 4.69) is 0 Å². The molecule has 0 aliphatic heterocycles. The lowest BCUT2D eigenvalue weighted by Gasteiger charge is -2.20. The van der Waals surface area contributed by atoms with Crippen molar-refractivity contribution in [2.45, 2.75) is 37.6 Å². The van der Waals surface area contributed by atoms with Crippen molar-refractivity contribution in [1.29, 1.82) is 0 Å². The van der Waals surface area contributed by atoms with Crippen LogP contribution in [0.2, 0.25) is 0 Å². The molecule has 1 aromatic rings. The molecular formula is C14H22O4S. The van der Waals surface area contributed by atoms with E-state index >= 15 is 0 Å². The highest BCUT2D eigenvalue weighted by molar-refractivity contribution is 7.98. The second-order valence-electron chi connectivity index (χ2n) is 4.61. The number of thioether (sulfide) groups is 1. The topological polar surface area (TPSA) is 80.9 Å². The van der Waals surface area contributed by atoms with Crippen LogP contribution < -0.4 is 0 Å². The van der Waals surface area contributed by atoms with E-state index in [0.29, 0.717) is 12.0 Å². The minimum atomic E-state index is -0.939. The predicted molar refractivity (Wildman–Crippen MR) is 77.3 cm³/mol. The number of aliphatic hydroxyl groups excluding tert-OH is 3. The van der Waals surface area contributed by atoms with E-state index in [1.165, 1.54) is 12.1 Å². The van der Waals surface area contributed by atoms with Crippen molar-refractivity contribution < 1.29 is 20.4 Å². The number of aromatic hydroxyl groups is 1. The average molecular weight is 286 g/mol. The Morgan fingerprint density at radius 3 is 2.26 bits per heavy atom. The van der Waals surface area contributed by atoms with Gasteiger partial charge in [0.05, 0.1) is 18.3 Å². The van der Waals surface area contributed by atoms with E-state index in [4.69, 9.17) is 5.11 Å². The van der Waals surface area contributed by atoms with Gasteiger partial charge in [-0.15, -0.1) is 0 Å². The number of aliphatic hydroxyl groups is 3. The molecule has 0 aliphatic rings. The van der Waals surface area contributed by atoms with E-state index in [9.17, 15) is 15.3 Å². The molecule has 0 fully saturated rings. The molecule has 3 unspecified atom stereocenters. The van der Waals surface area contributed by atoms with Crippen LogP contribution in [0.5, 0.6) is 5.75 Å². The summed E-state index contributed by atoms with van der Waals surface area (Å²) in [6, 6.07) is 6.18. The van der Waals surface area contributed by atoms with Gasteiger partial charge in [-0.1, -0.05) is 12.1 Å². The van der Waals surface area contributed by atoms with Gasteiger partial charge >= 0.3 is 0 Å². The minimum Gasteiger partial charge on any atom is -0.508 e. The first-order valence-electron chi connectivity index (χ1n) is 6.36. The fraction of sp³-hybridized carbons (Fsp3) is 0.571. The molecule has 0 spiro atoms. The van der Waals surface area contributed by atoms with Crippen molar-refractivity contribution in [3.05, 3.63) is 29.8 Å². The first kappa shape index (κ1) is 16.3. The van der Waals surface area contributed by atoms with E-state index in [0.717, 1.165) is 12.2 Å². The monoisotopic (exact) mass is 286 g/mol. The lowest BCUT2D eigenvalue weighted by atomic mass is 9.98. The van der Waals surface area contributed by atoms with Crippen molar-refractivity contribution in [3.63, 3.8) is 0 Å². The van der Waals surface area contributed by atoms with Crippen LogP contribution in [0.25, 0.3) is 0 Å². The van der Waals surface area contributed by atoms with E-state index < -0.39 is 18.3 Å². The van der Waals surface area contributed by atoms with Gasteiger partial charge in [-0.3, -0.25) is 0 Å². The normalized spacial score (nSPS) is 16.0. The van der Waals surface area contributed by atoms with Crippen LogP contribution in [0, 0.1) is 0 Å². The van der Waals surface area contributed by atoms with Gasteiger partial charge in [0.1, 0.15) is 5.75 Å². The molecule has 0 bridgehead atoms. The highest BCUT2D eigenvalue weighted by Crippen LogP contribution is 2.22. The molecule has 1 rings (SSSR count). The Kier molecular flexibility index (Phi) is 7.23. The summed E-state index contributed by atoms with van der Waals surface area (Å²) in [5.41, 5.74) is 0.619. The van der Waals surface area contributed by atoms with Crippen LogP contribution in [0.3, 0.4) is 0 Å². The first-order chi connectivity index (χ1) is 9.04. The van der Waals surface area contributed by atoms with Gasteiger partial charge in [0.15, 0.2) is 0 Å². The van der Waals surface area contributed by atoms with Gasteiger partial charge < -0.3 is 20.4 Å². The maximum atomic E-state index is 9.95. The molecule has 0 heterocycles. The van der Waals surface area contributed by atoms with E-state index in [1.807, 2.05) is 6.26 Å². The maximum Gasteiger partial charge on any atom is 0.115 e. The van der Waals surface area contributed by atoms with Crippen molar-refractivity contribution in [3.8, 4) is 5.75 Å². The second-order valence-corrected chi connectivity index (χ2v) is 5.60. The summed E-state index contributed by atoms with van der Waals surface area (Å²) in [6.45, 7) is 0. The fourth-order valence-electron chi connectivity index (χ4n) is 1.85. The summed E-state index contributed by atoms with van der Waals surface area (Å²) in [5, 5.41) is 38.7. The summed E-state index contributed by atoms with van der Waals surface area (Å²) >= 11 is 1.70. The number of hydrogen-bond acceptors (Lipinski definition) is 5.